The number of aromatic hydroxyl groups is 2. The fourth-order valence-electron chi connectivity index (χ4n) is 2.73. The second-order valence-electron chi connectivity index (χ2n) is 5.57. The second-order valence-corrected chi connectivity index (χ2v) is 5.57. The molecule has 2 atom stereocenters. The molecule has 0 aromatic heterocycles. The van der Waals surface area contributed by atoms with Gasteiger partial charge in [0.2, 0.25) is 11.5 Å². The molecular weight excluding hydrogens is 330 g/mol. The molecule has 1 aliphatic heterocycles. The number of ether oxygens (including phenoxy) is 3. The minimum absolute atomic E-state index is 0.0262. The van der Waals surface area contributed by atoms with E-state index < -0.39 is 17.6 Å². The lowest BCUT2D eigenvalue weighted by Crippen LogP contribution is -2.58. The fourth-order valence-corrected chi connectivity index (χ4v) is 2.73. The summed E-state index contributed by atoms with van der Waals surface area (Å²) in [5, 5.41) is 30.2. The van der Waals surface area contributed by atoms with Crippen LogP contribution >= 0.6 is 0 Å². The number of fused-ring (bicyclic) bond motifs is 1. The molecule has 0 bridgehead atoms. The van der Waals surface area contributed by atoms with E-state index in [4.69, 9.17) is 19.9 Å². The van der Waals surface area contributed by atoms with Crippen molar-refractivity contribution in [3.63, 3.8) is 0 Å². The van der Waals surface area contributed by atoms with Crippen LogP contribution in [-0.2, 0) is 5.72 Å². The van der Waals surface area contributed by atoms with Gasteiger partial charge in [-0.1, -0.05) is 0 Å². The summed E-state index contributed by atoms with van der Waals surface area (Å²) in [6, 6.07) is 6.69. The maximum atomic E-state index is 12.6. The van der Waals surface area contributed by atoms with E-state index in [0.29, 0.717) is 0 Å². The Kier molecular flexibility index (Phi) is 3.94. The summed E-state index contributed by atoms with van der Waals surface area (Å²) in [5.74, 6) is -0.983. The molecule has 5 N–H and O–H groups in total. The number of phenols is 2. The number of hydrogen-bond acceptors (Lipinski definition) is 8. The van der Waals surface area contributed by atoms with Gasteiger partial charge in [-0.15, -0.1) is 0 Å². The summed E-state index contributed by atoms with van der Waals surface area (Å²) < 4.78 is 15.7. The van der Waals surface area contributed by atoms with Crippen molar-refractivity contribution in [3.05, 3.63) is 41.5 Å². The van der Waals surface area contributed by atoms with Crippen molar-refractivity contribution in [1.82, 2.24) is 0 Å². The standard InChI is InChI=1S/C17H17NO7/c1-23-9-6-11(20)14-13(7-9)25-17(18,16(22)15(14)21)8-3-4-10(19)12(5-8)24-2/h3-7,16,19-20,22H,18H2,1-2H3. The highest BCUT2D eigenvalue weighted by Crippen LogP contribution is 2.43. The molecule has 0 saturated carbocycles. The zero-order chi connectivity index (χ0) is 18.4. The van der Waals surface area contributed by atoms with Crippen molar-refractivity contribution in [3.8, 4) is 28.7 Å². The third-order valence-electron chi connectivity index (χ3n) is 4.10. The number of aliphatic hydroxyl groups excluding tert-OH is 1. The molecule has 1 aliphatic rings. The number of benzene rings is 2. The van der Waals surface area contributed by atoms with Gasteiger partial charge in [-0.3, -0.25) is 10.5 Å². The maximum Gasteiger partial charge on any atom is 0.218 e. The monoisotopic (exact) mass is 347 g/mol. The molecule has 0 spiro atoms. The Morgan fingerprint density at radius 3 is 2.48 bits per heavy atom. The van der Waals surface area contributed by atoms with Gasteiger partial charge in [0.1, 0.15) is 22.8 Å². The molecular formula is C17H17NO7. The van der Waals surface area contributed by atoms with Gasteiger partial charge in [-0.25, -0.2) is 0 Å². The van der Waals surface area contributed by atoms with E-state index in [1.165, 1.54) is 44.6 Å². The number of Topliss-reactive ketones (excluding diaryl/α,β-unsaturated/α-hetero) is 1. The summed E-state index contributed by atoms with van der Waals surface area (Å²) in [6.07, 6.45) is -1.78. The summed E-state index contributed by atoms with van der Waals surface area (Å²) in [7, 11) is 2.74. The predicted octanol–water partition coefficient (Wildman–Crippen LogP) is 0.863. The van der Waals surface area contributed by atoms with Crippen LogP contribution in [0.15, 0.2) is 30.3 Å². The Morgan fingerprint density at radius 2 is 1.84 bits per heavy atom. The first-order valence-electron chi connectivity index (χ1n) is 7.30. The van der Waals surface area contributed by atoms with Crippen LogP contribution in [0.1, 0.15) is 15.9 Å². The molecule has 2 unspecified atom stereocenters. The van der Waals surface area contributed by atoms with E-state index in [1.54, 1.807) is 0 Å². The van der Waals surface area contributed by atoms with Gasteiger partial charge in [-0.05, 0) is 18.2 Å². The van der Waals surface area contributed by atoms with Crippen molar-refractivity contribution < 1.29 is 34.3 Å². The van der Waals surface area contributed by atoms with E-state index in [-0.39, 0.29) is 39.9 Å². The highest BCUT2D eigenvalue weighted by Gasteiger charge is 2.49. The summed E-state index contributed by atoms with van der Waals surface area (Å²) >= 11 is 0. The lowest BCUT2D eigenvalue weighted by atomic mass is 9.88. The molecule has 2 aromatic rings. The third kappa shape index (κ3) is 2.51. The Balaban J connectivity index is 2.15. The van der Waals surface area contributed by atoms with Crippen LogP contribution < -0.4 is 19.9 Å². The summed E-state index contributed by atoms with van der Waals surface area (Å²) in [4.78, 5) is 12.6. The summed E-state index contributed by atoms with van der Waals surface area (Å²) in [5.41, 5.74) is 4.28. The van der Waals surface area contributed by atoms with Crippen LogP contribution in [0.5, 0.6) is 28.7 Å². The van der Waals surface area contributed by atoms with E-state index in [2.05, 4.69) is 0 Å². The van der Waals surface area contributed by atoms with Crippen molar-refractivity contribution in [2.24, 2.45) is 5.73 Å². The average Bonchev–Trinajstić information content (AvgIpc) is 2.59. The zero-order valence-corrected chi connectivity index (χ0v) is 13.5. The highest BCUT2D eigenvalue weighted by atomic mass is 16.5. The van der Waals surface area contributed by atoms with E-state index in [0.717, 1.165) is 0 Å². The van der Waals surface area contributed by atoms with Gasteiger partial charge in [-0.2, -0.15) is 0 Å². The number of nitrogens with two attached hydrogens (primary N) is 1. The molecule has 0 aliphatic carbocycles. The average molecular weight is 347 g/mol. The van der Waals surface area contributed by atoms with Crippen LogP contribution in [-0.4, -0.2) is 41.4 Å². The first kappa shape index (κ1) is 16.9. The molecule has 8 nitrogen and oxygen atoms in total. The Bertz CT molecular complexity index is 851. The van der Waals surface area contributed by atoms with Crippen LogP contribution in [0.3, 0.4) is 0 Å². The molecule has 3 rings (SSSR count). The Hall–Kier alpha value is -2.97. The Labute approximate surface area is 143 Å². The molecule has 25 heavy (non-hydrogen) atoms. The predicted molar refractivity (Wildman–Crippen MR) is 86.1 cm³/mol. The first-order valence-corrected chi connectivity index (χ1v) is 7.30. The molecule has 1 heterocycles. The van der Waals surface area contributed by atoms with Gasteiger partial charge >= 0.3 is 0 Å². The molecule has 0 fully saturated rings. The van der Waals surface area contributed by atoms with E-state index >= 15 is 0 Å². The van der Waals surface area contributed by atoms with Crippen LogP contribution in [0.4, 0.5) is 0 Å². The van der Waals surface area contributed by atoms with Crippen LogP contribution in [0.25, 0.3) is 0 Å². The van der Waals surface area contributed by atoms with Gasteiger partial charge in [0.05, 0.1) is 14.2 Å². The number of carbonyl (C=O) groups excluding carboxylic acids is 1. The first-order chi connectivity index (χ1) is 11.8. The number of methoxy groups -OCH3 is 2. The molecule has 0 amide bonds. The van der Waals surface area contributed by atoms with Gasteiger partial charge in [0.15, 0.2) is 17.6 Å². The lowest BCUT2D eigenvalue weighted by Gasteiger charge is -2.38. The normalized spacial score (nSPS) is 22.1. The van der Waals surface area contributed by atoms with E-state index in [1.807, 2.05) is 0 Å². The molecule has 8 heteroatoms. The number of aliphatic hydroxyl groups is 1. The lowest BCUT2D eigenvalue weighted by molar-refractivity contribution is -0.0493. The van der Waals surface area contributed by atoms with Gasteiger partial charge in [0, 0.05) is 17.7 Å². The minimum Gasteiger partial charge on any atom is -0.507 e. The summed E-state index contributed by atoms with van der Waals surface area (Å²) in [6.45, 7) is 0. The number of hydrogen-bond donors (Lipinski definition) is 4. The van der Waals surface area contributed by atoms with E-state index in [9.17, 15) is 20.1 Å². The number of rotatable bonds is 3. The molecule has 0 saturated heterocycles. The quantitative estimate of drug-likeness (QED) is 0.643. The van der Waals surface area contributed by atoms with Crippen LogP contribution in [0.2, 0.25) is 0 Å². The van der Waals surface area contributed by atoms with Gasteiger partial charge < -0.3 is 29.5 Å². The topological polar surface area (TPSA) is 131 Å². The zero-order valence-electron chi connectivity index (χ0n) is 13.5. The third-order valence-corrected chi connectivity index (χ3v) is 4.10. The molecule has 2 aromatic carbocycles. The van der Waals surface area contributed by atoms with Crippen molar-refractivity contribution in [1.29, 1.82) is 0 Å². The number of phenolic OH excluding ortho intramolecular Hbond substituents is 2. The van der Waals surface area contributed by atoms with Crippen molar-refractivity contribution in [2.45, 2.75) is 11.8 Å². The fraction of sp³-hybridized carbons (Fsp3) is 0.235. The van der Waals surface area contributed by atoms with Crippen LogP contribution in [0, 0.1) is 0 Å². The minimum atomic E-state index is -1.94. The smallest absolute Gasteiger partial charge is 0.218 e. The maximum absolute atomic E-state index is 12.6. The van der Waals surface area contributed by atoms with Crippen molar-refractivity contribution >= 4 is 5.78 Å². The highest BCUT2D eigenvalue weighted by molar-refractivity contribution is 6.06. The van der Waals surface area contributed by atoms with Crippen molar-refractivity contribution in [2.75, 3.05) is 14.2 Å². The molecule has 0 radical (unpaired) electrons. The SMILES string of the molecule is COc1cc(O)c2c(c1)OC(N)(c1ccc(O)c(OC)c1)C(O)C2=O. The van der Waals surface area contributed by atoms with Gasteiger partial charge in [0.25, 0.3) is 0 Å². The molecule has 132 valence electrons. The largest absolute Gasteiger partial charge is 0.507 e. The number of carbonyl (C=O) groups is 1. The Morgan fingerprint density at radius 1 is 1.12 bits per heavy atom. The second kappa shape index (κ2) is 5.83. The number of ketones is 1.